The van der Waals surface area contributed by atoms with Gasteiger partial charge in [0.25, 0.3) is 5.56 Å². The van der Waals surface area contributed by atoms with E-state index in [9.17, 15) is 14.7 Å². The summed E-state index contributed by atoms with van der Waals surface area (Å²) in [6.45, 7) is 3.72. The van der Waals surface area contributed by atoms with Crippen molar-refractivity contribution in [3.63, 3.8) is 0 Å². The van der Waals surface area contributed by atoms with Crippen LogP contribution in [0.15, 0.2) is 23.0 Å². The number of halogens is 1. The molecule has 1 amide bonds. The van der Waals surface area contributed by atoms with Crippen LogP contribution in [0.5, 0.6) is 0 Å². The van der Waals surface area contributed by atoms with Gasteiger partial charge in [0, 0.05) is 12.2 Å². The number of nitrogens with zero attached hydrogens (tertiary/aromatic N) is 2. The molecule has 8 nitrogen and oxygen atoms in total. The van der Waals surface area contributed by atoms with Crippen molar-refractivity contribution in [2.24, 2.45) is 0 Å². The van der Waals surface area contributed by atoms with Gasteiger partial charge in [-0.2, -0.15) is 4.68 Å². The van der Waals surface area contributed by atoms with E-state index in [2.05, 4.69) is 15.7 Å². The van der Waals surface area contributed by atoms with Crippen molar-refractivity contribution in [1.82, 2.24) is 9.66 Å². The number of nitrogens with one attached hydrogen (secondary N) is 2. The number of anilines is 1. The Balaban J connectivity index is 2.36. The number of carbonyl (C=O) groups is 1. The molecule has 0 aliphatic heterocycles. The third kappa shape index (κ3) is 4.15. The SMILES string of the molecule is CCOC(=O)Nn1c(C)nc2ccc(NCC(O)CCl)cc2c1=O. The maximum atomic E-state index is 12.6. The average Bonchev–Trinajstić information content (AvgIpc) is 2.57. The summed E-state index contributed by atoms with van der Waals surface area (Å²) in [6, 6.07) is 5.04. The number of aromatic nitrogens is 2. The van der Waals surface area contributed by atoms with E-state index in [4.69, 9.17) is 16.3 Å². The summed E-state index contributed by atoms with van der Waals surface area (Å²) < 4.78 is 5.82. The number of benzene rings is 1. The van der Waals surface area contributed by atoms with Crippen molar-refractivity contribution < 1.29 is 14.6 Å². The average molecular weight is 355 g/mol. The van der Waals surface area contributed by atoms with E-state index in [1.54, 1.807) is 32.0 Å². The fraction of sp³-hybridized carbons (Fsp3) is 0.400. The lowest BCUT2D eigenvalue weighted by atomic mass is 10.2. The zero-order valence-corrected chi connectivity index (χ0v) is 14.1. The molecule has 0 aliphatic carbocycles. The topological polar surface area (TPSA) is 105 Å². The Hall–Kier alpha value is -2.32. The first-order chi connectivity index (χ1) is 11.5. The molecular weight excluding hydrogens is 336 g/mol. The Morgan fingerprint density at radius 1 is 1.50 bits per heavy atom. The van der Waals surface area contributed by atoms with Gasteiger partial charge in [0.05, 0.1) is 29.5 Å². The van der Waals surface area contributed by atoms with Crippen LogP contribution in [0.3, 0.4) is 0 Å². The number of aryl methyl sites for hydroxylation is 1. The van der Waals surface area contributed by atoms with E-state index in [-0.39, 0.29) is 19.0 Å². The van der Waals surface area contributed by atoms with Crippen molar-refractivity contribution in [3.8, 4) is 0 Å². The first-order valence-corrected chi connectivity index (χ1v) is 7.94. The van der Waals surface area contributed by atoms with Gasteiger partial charge in [0.1, 0.15) is 5.82 Å². The number of hydrogen-bond donors (Lipinski definition) is 3. The largest absolute Gasteiger partial charge is 0.449 e. The normalized spacial score (nSPS) is 12.0. The number of carbonyl (C=O) groups excluding carboxylic acids is 1. The molecule has 0 spiro atoms. The van der Waals surface area contributed by atoms with Crippen LogP contribution in [0.1, 0.15) is 12.7 Å². The second-order valence-electron chi connectivity index (χ2n) is 5.05. The smallest absolute Gasteiger partial charge is 0.426 e. The van der Waals surface area contributed by atoms with Gasteiger partial charge in [0.2, 0.25) is 0 Å². The van der Waals surface area contributed by atoms with Gasteiger partial charge in [-0.1, -0.05) is 0 Å². The van der Waals surface area contributed by atoms with E-state index in [0.29, 0.717) is 22.4 Å². The Kier molecular flexibility index (Phi) is 5.99. The number of ether oxygens (including phenoxy) is 1. The molecule has 0 saturated heterocycles. The minimum absolute atomic E-state index is 0.109. The minimum Gasteiger partial charge on any atom is -0.449 e. The molecule has 1 heterocycles. The molecule has 9 heteroatoms. The highest BCUT2D eigenvalue weighted by Crippen LogP contribution is 2.15. The van der Waals surface area contributed by atoms with Crippen molar-refractivity contribution >= 4 is 34.3 Å². The van der Waals surface area contributed by atoms with Gasteiger partial charge in [-0.05, 0) is 32.0 Å². The fourth-order valence-corrected chi connectivity index (χ4v) is 2.19. The first kappa shape index (κ1) is 18.0. The molecule has 0 bridgehead atoms. The number of aliphatic hydroxyl groups excluding tert-OH is 1. The predicted octanol–water partition coefficient (Wildman–Crippen LogP) is 1.42. The summed E-state index contributed by atoms with van der Waals surface area (Å²) >= 11 is 5.55. The van der Waals surface area contributed by atoms with Crippen LogP contribution in [0.2, 0.25) is 0 Å². The molecule has 0 aliphatic rings. The molecule has 3 N–H and O–H groups in total. The molecule has 2 aromatic rings. The van der Waals surface area contributed by atoms with E-state index in [0.717, 1.165) is 4.68 Å². The molecule has 0 fully saturated rings. The molecule has 130 valence electrons. The van der Waals surface area contributed by atoms with Crippen LogP contribution in [0, 0.1) is 6.92 Å². The summed E-state index contributed by atoms with van der Waals surface area (Å²) in [7, 11) is 0. The molecule has 24 heavy (non-hydrogen) atoms. The highest BCUT2D eigenvalue weighted by Gasteiger charge is 2.12. The van der Waals surface area contributed by atoms with Gasteiger partial charge in [0.15, 0.2) is 0 Å². The lowest BCUT2D eigenvalue weighted by Gasteiger charge is -2.13. The van der Waals surface area contributed by atoms with E-state index in [1.165, 1.54) is 0 Å². The molecule has 1 atom stereocenters. The number of alkyl halides is 1. The lowest BCUT2D eigenvalue weighted by molar-refractivity contribution is 0.164. The zero-order chi connectivity index (χ0) is 17.7. The van der Waals surface area contributed by atoms with Crippen molar-refractivity contribution in [2.75, 3.05) is 29.8 Å². The van der Waals surface area contributed by atoms with Crippen LogP contribution in [-0.4, -0.2) is 46.0 Å². The second-order valence-corrected chi connectivity index (χ2v) is 5.36. The van der Waals surface area contributed by atoms with Gasteiger partial charge < -0.3 is 15.2 Å². The molecule has 1 aromatic carbocycles. The fourth-order valence-electron chi connectivity index (χ4n) is 2.08. The number of rotatable bonds is 6. The van der Waals surface area contributed by atoms with Crippen LogP contribution >= 0.6 is 11.6 Å². The van der Waals surface area contributed by atoms with Crippen LogP contribution < -0.4 is 16.3 Å². The molecule has 1 unspecified atom stereocenters. The molecule has 1 aromatic heterocycles. The lowest BCUT2D eigenvalue weighted by Crippen LogP contribution is -2.35. The highest BCUT2D eigenvalue weighted by atomic mass is 35.5. The van der Waals surface area contributed by atoms with Crippen LogP contribution in [0.25, 0.3) is 10.9 Å². The summed E-state index contributed by atoms with van der Waals surface area (Å²) in [5.41, 5.74) is 3.07. The zero-order valence-electron chi connectivity index (χ0n) is 13.4. The Bertz CT molecular complexity index is 793. The Labute approximate surface area is 143 Å². The summed E-state index contributed by atoms with van der Waals surface area (Å²) in [6.07, 6.45) is -1.43. The van der Waals surface area contributed by atoms with E-state index < -0.39 is 17.8 Å². The van der Waals surface area contributed by atoms with Crippen molar-refractivity contribution in [1.29, 1.82) is 0 Å². The molecule has 0 saturated carbocycles. The number of hydrogen-bond acceptors (Lipinski definition) is 6. The summed E-state index contributed by atoms with van der Waals surface area (Å²) in [5.74, 6) is 0.441. The predicted molar refractivity (Wildman–Crippen MR) is 92.3 cm³/mol. The summed E-state index contributed by atoms with van der Waals surface area (Å²) in [5, 5.41) is 12.8. The molecular formula is C15H19ClN4O4. The Morgan fingerprint density at radius 3 is 2.92 bits per heavy atom. The standard InChI is InChI=1S/C15H19ClN4O4/c1-3-24-15(23)19-20-9(2)18-13-5-4-10(6-12(13)14(20)22)17-8-11(21)7-16/h4-6,11,17,21H,3,7-8H2,1-2H3,(H,19,23). The Morgan fingerprint density at radius 2 is 2.25 bits per heavy atom. The minimum atomic E-state index is -0.733. The number of fused-ring (bicyclic) bond motifs is 1. The van der Waals surface area contributed by atoms with Crippen molar-refractivity contribution in [3.05, 3.63) is 34.4 Å². The van der Waals surface area contributed by atoms with Gasteiger partial charge >= 0.3 is 6.09 Å². The quantitative estimate of drug-likeness (QED) is 0.677. The number of aliphatic hydroxyl groups is 1. The maximum absolute atomic E-state index is 12.6. The van der Waals surface area contributed by atoms with Crippen LogP contribution in [-0.2, 0) is 4.74 Å². The van der Waals surface area contributed by atoms with E-state index in [1.807, 2.05) is 0 Å². The third-order valence-corrected chi connectivity index (χ3v) is 3.59. The van der Waals surface area contributed by atoms with Crippen LogP contribution in [0.4, 0.5) is 10.5 Å². The van der Waals surface area contributed by atoms with Crippen molar-refractivity contribution in [2.45, 2.75) is 20.0 Å². The molecule has 2 rings (SSSR count). The number of amides is 1. The van der Waals surface area contributed by atoms with Gasteiger partial charge in [-0.25, -0.2) is 15.2 Å². The highest BCUT2D eigenvalue weighted by molar-refractivity contribution is 6.18. The molecule has 0 radical (unpaired) electrons. The van der Waals surface area contributed by atoms with E-state index >= 15 is 0 Å². The monoisotopic (exact) mass is 354 g/mol. The third-order valence-electron chi connectivity index (χ3n) is 3.23. The van der Waals surface area contributed by atoms with Gasteiger partial charge in [-0.15, -0.1) is 11.6 Å². The first-order valence-electron chi connectivity index (χ1n) is 7.41. The maximum Gasteiger partial charge on any atom is 0.426 e. The van der Waals surface area contributed by atoms with Gasteiger partial charge in [-0.3, -0.25) is 4.79 Å². The second kappa shape index (κ2) is 7.98. The summed E-state index contributed by atoms with van der Waals surface area (Å²) in [4.78, 5) is 28.4.